The molecule has 0 radical (unpaired) electrons. The third-order valence-electron chi connectivity index (χ3n) is 5.72. The average Bonchev–Trinajstić information content (AvgIpc) is 2.59. The standard InChI is InChI=1S/C20H36N2O2Si/c1-7-19(23)18-14-17(22-11-9-8-10-12-22)13-16(21-18)15-24-25(5,6)20(2,3)4/h13-14,19,23H,7-12,15H2,1-6H3. The Kier molecular flexibility index (Phi) is 6.68. The molecule has 142 valence electrons. The molecule has 1 unspecified atom stereocenters. The Balaban J connectivity index is 2.23. The molecule has 0 bridgehead atoms. The lowest BCUT2D eigenvalue weighted by atomic mass is 10.1. The number of aliphatic hydroxyl groups is 1. The largest absolute Gasteiger partial charge is 0.411 e. The predicted molar refractivity (Wildman–Crippen MR) is 108 cm³/mol. The van der Waals surface area contributed by atoms with Crippen LogP contribution in [0.1, 0.15) is 70.9 Å². The van der Waals surface area contributed by atoms with Gasteiger partial charge in [0.1, 0.15) is 0 Å². The van der Waals surface area contributed by atoms with Crippen LogP contribution in [0, 0.1) is 0 Å². The van der Waals surface area contributed by atoms with Crippen LogP contribution in [0.3, 0.4) is 0 Å². The molecule has 2 rings (SSSR count). The summed E-state index contributed by atoms with van der Waals surface area (Å²) in [6.45, 7) is 16.0. The van der Waals surface area contributed by atoms with Gasteiger partial charge in [0.05, 0.1) is 24.1 Å². The molecule has 1 aromatic rings. The lowest BCUT2D eigenvalue weighted by Crippen LogP contribution is -2.40. The van der Waals surface area contributed by atoms with Crippen LogP contribution >= 0.6 is 0 Å². The van der Waals surface area contributed by atoms with Gasteiger partial charge >= 0.3 is 0 Å². The number of hydrogen-bond acceptors (Lipinski definition) is 4. The molecule has 4 nitrogen and oxygen atoms in total. The Morgan fingerprint density at radius 2 is 1.84 bits per heavy atom. The van der Waals surface area contributed by atoms with Gasteiger partial charge in [-0.1, -0.05) is 27.7 Å². The summed E-state index contributed by atoms with van der Waals surface area (Å²) in [5, 5.41) is 10.5. The first kappa shape index (κ1) is 20.4. The van der Waals surface area contributed by atoms with Gasteiger partial charge in [0.25, 0.3) is 0 Å². The number of anilines is 1. The van der Waals surface area contributed by atoms with E-state index >= 15 is 0 Å². The second-order valence-corrected chi connectivity index (χ2v) is 13.6. The Labute approximate surface area is 154 Å². The minimum Gasteiger partial charge on any atom is -0.411 e. The summed E-state index contributed by atoms with van der Waals surface area (Å²) in [5.74, 6) is 0. The van der Waals surface area contributed by atoms with E-state index in [2.05, 4.69) is 50.9 Å². The van der Waals surface area contributed by atoms with Crippen molar-refractivity contribution in [2.45, 2.75) is 84.2 Å². The van der Waals surface area contributed by atoms with E-state index in [1.54, 1.807) is 0 Å². The van der Waals surface area contributed by atoms with Gasteiger partial charge in [0.2, 0.25) is 0 Å². The normalized spacial score (nSPS) is 17.6. The zero-order valence-corrected chi connectivity index (χ0v) is 17.9. The zero-order valence-electron chi connectivity index (χ0n) is 16.9. The molecule has 0 amide bonds. The number of nitrogens with zero attached hydrogens (tertiary/aromatic N) is 2. The average molecular weight is 365 g/mol. The molecule has 0 spiro atoms. The highest BCUT2D eigenvalue weighted by atomic mass is 28.4. The Bertz CT molecular complexity index is 563. The van der Waals surface area contributed by atoms with Gasteiger partial charge in [-0.25, -0.2) is 0 Å². The van der Waals surface area contributed by atoms with Gasteiger partial charge in [-0.2, -0.15) is 0 Å². The van der Waals surface area contributed by atoms with E-state index in [-0.39, 0.29) is 5.04 Å². The summed E-state index contributed by atoms with van der Waals surface area (Å²) in [7, 11) is -1.81. The van der Waals surface area contributed by atoms with Crippen LogP contribution in [-0.4, -0.2) is 31.5 Å². The summed E-state index contributed by atoms with van der Waals surface area (Å²) < 4.78 is 6.37. The fourth-order valence-electron chi connectivity index (χ4n) is 2.85. The second-order valence-electron chi connectivity index (χ2n) is 8.76. The number of aromatic nitrogens is 1. The summed E-state index contributed by atoms with van der Waals surface area (Å²) in [6.07, 6.45) is 3.97. The van der Waals surface area contributed by atoms with Crippen molar-refractivity contribution in [3.05, 3.63) is 23.5 Å². The molecule has 1 aliphatic heterocycles. The molecule has 5 heteroatoms. The molecule has 1 aliphatic rings. The molecule has 25 heavy (non-hydrogen) atoms. The van der Waals surface area contributed by atoms with Crippen molar-refractivity contribution in [2.75, 3.05) is 18.0 Å². The summed E-state index contributed by atoms with van der Waals surface area (Å²) >= 11 is 0. The highest BCUT2D eigenvalue weighted by Gasteiger charge is 2.37. The van der Waals surface area contributed by atoms with Crippen LogP contribution in [0.2, 0.25) is 18.1 Å². The number of pyridine rings is 1. The van der Waals surface area contributed by atoms with E-state index in [4.69, 9.17) is 9.41 Å². The van der Waals surface area contributed by atoms with Crippen molar-refractivity contribution in [2.24, 2.45) is 0 Å². The molecular weight excluding hydrogens is 328 g/mol. The molecule has 1 saturated heterocycles. The maximum Gasteiger partial charge on any atom is 0.192 e. The molecule has 0 aromatic carbocycles. The zero-order chi connectivity index (χ0) is 18.7. The lowest BCUT2D eigenvalue weighted by molar-refractivity contribution is 0.168. The smallest absolute Gasteiger partial charge is 0.192 e. The SMILES string of the molecule is CCC(O)c1cc(N2CCCCC2)cc(CO[Si](C)(C)C(C)(C)C)n1. The molecule has 1 N–H and O–H groups in total. The van der Waals surface area contributed by atoms with Gasteiger partial charge in [0.15, 0.2) is 8.32 Å². The number of aliphatic hydroxyl groups excluding tert-OH is 1. The van der Waals surface area contributed by atoms with Crippen molar-refractivity contribution in [1.29, 1.82) is 0 Å². The summed E-state index contributed by atoms with van der Waals surface area (Å²) in [4.78, 5) is 7.13. The second kappa shape index (κ2) is 8.19. The summed E-state index contributed by atoms with van der Waals surface area (Å²) in [6, 6.07) is 4.22. The molecule has 0 saturated carbocycles. The fourth-order valence-corrected chi connectivity index (χ4v) is 3.80. The lowest BCUT2D eigenvalue weighted by Gasteiger charge is -2.36. The van der Waals surface area contributed by atoms with E-state index in [9.17, 15) is 5.11 Å². The molecule has 0 aliphatic carbocycles. The predicted octanol–water partition coefficient (Wildman–Crippen LogP) is 5.04. The van der Waals surface area contributed by atoms with Gasteiger partial charge in [-0.15, -0.1) is 0 Å². The van der Waals surface area contributed by atoms with E-state index in [1.165, 1.54) is 24.9 Å². The van der Waals surface area contributed by atoms with Crippen LogP contribution in [-0.2, 0) is 11.0 Å². The van der Waals surface area contributed by atoms with Crippen molar-refractivity contribution in [1.82, 2.24) is 4.98 Å². The highest BCUT2D eigenvalue weighted by molar-refractivity contribution is 6.74. The van der Waals surface area contributed by atoms with Crippen LogP contribution in [0.5, 0.6) is 0 Å². The van der Waals surface area contributed by atoms with Gasteiger partial charge in [-0.3, -0.25) is 4.98 Å². The third-order valence-corrected chi connectivity index (χ3v) is 10.2. The first-order valence-corrected chi connectivity index (χ1v) is 12.6. The van der Waals surface area contributed by atoms with E-state index < -0.39 is 14.4 Å². The molecule has 2 heterocycles. The Morgan fingerprint density at radius 1 is 1.20 bits per heavy atom. The number of hydrogen-bond donors (Lipinski definition) is 1. The van der Waals surface area contributed by atoms with E-state index in [0.29, 0.717) is 13.0 Å². The van der Waals surface area contributed by atoms with Gasteiger partial charge in [0, 0.05) is 18.8 Å². The summed E-state index contributed by atoms with van der Waals surface area (Å²) in [5.41, 5.74) is 2.90. The van der Waals surface area contributed by atoms with E-state index in [0.717, 1.165) is 24.5 Å². The quantitative estimate of drug-likeness (QED) is 0.719. The van der Waals surface area contributed by atoms with Gasteiger partial charge < -0.3 is 14.4 Å². The highest BCUT2D eigenvalue weighted by Crippen LogP contribution is 2.37. The Hall–Kier alpha value is -0.913. The molecular formula is C20H36N2O2Si. The third kappa shape index (κ3) is 5.28. The van der Waals surface area contributed by atoms with Crippen LogP contribution in [0.25, 0.3) is 0 Å². The minimum atomic E-state index is -1.81. The van der Waals surface area contributed by atoms with Crippen molar-refractivity contribution in [3.8, 4) is 0 Å². The fraction of sp³-hybridized carbons (Fsp3) is 0.750. The first-order valence-electron chi connectivity index (χ1n) is 9.72. The first-order chi connectivity index (χ1) is 11.6. The van der Waals surface area contributed by atoms with Gasteiger partial charge in [-0.05, 0) is 55.9 Å². The van der Waals surface area contributed by atoms with Crippen LogP contribution < -0.4 is 4.90 Å². The van der Waals surface area contributed by atoms with Crippen LogP contribution in [0.4, 0.5) is 5.69 Å². The van der Waals surface area contributed by atoms with Crippen molar-refractivity contribution in [3.63, 3.8) is 0 Å². The van der Waals surface area contributed by atoms with Crippen LogP contribution in [0.15, 0.2) is 12.1 Å². The number of rotatable bonds is 6. The molecule has 1 aromatic heterocycles. The number of piperidine rings is 1. The molecule has 1 fully saturated rings. The van der Waals surface area contributed by atoms with Crippen molar-refractivity contribution >= 4 is 14.0 Å². The monoisotopic (exact) mass is 364 g/mol. The van der Waals surface area contributed by atoms with E-state index in [1.807, 2.05) is 6.92 Å². The maximum absolute atomic E-state index is 10.3. The maximum atomic E-state index is 10.3. The Morgan fingerprint density at radius 3 is 2.40 bits per heavy atom. The topological polar surface area (TPSA) is 45.6 Å². The van der Waals surface area contributed by atoms with Crippen molar-refractivity contribution < 1.29 is 9.53 Å². The molecule has 1 atom stereocenters. The minimum absolute atomic E-state index is 0.184.